The molecule has 6 N–H and O–H groups in total. The van der Waals surface area contributed by atoms with E-state index in [1.807, 2.05) is 0 Å². The molecule has 184 valence electrons. The van der Waals surface area contributed by atoms with Gasteiger partial charge in [-0.15, -0.1) is 0 Å². The van der Waals surface area contributed by atoms with Gasteiger partial charge in [-0.3, -0.25) is 9.35 Å². The summed E-state index contributed by atoms with van der Waals surface area (Å²) < 4.78 is 31.2. The molecule has 0 saturated carbocycles. The number of hydrogen-bond acceptors (Lipinski definition) is 10. The van der Waals surface area contributed by atoms with Crippen LogP contribution < -0.4 is 5.11 Å². The maximum Gasteiger partial charge on any atom is 0.378 e. The molecule has 4 rings (SSSR count). The van der Waals surface area contributed by atoms with Gasteiger partial charge >= 0.3 is 5.69 Å². The van der Waals surface area contributed by atoms with Gasteiger partial charge in [-0.05, 0) is 47.5 Å². The number of rotatable bonds is 3. The Bertz CT molecular complexity index is 1660. The average molecular weight is 512 g/mol. The number of phenols is 5. The summed E-state index contributed by atoms with van der Waals surface area (Å²) in [7, 11) is -4.40. The number of phenolic OH excluding ortho intramolecular Hbond substituents is 5. The molecule has 0 heterocycles. The summed E-state index contributed by atoms with van der Waals surface area (Å²) >= 11 is 0. The highest BCUT2D eigenvalue weighted by Gasteiger charge is 2.21. The summed E-state index contributed by atoms with van der Waals surface area (Å²) in [6, 6.07) is 11.9. The number of benzene rings is 4. The quantitative estimate of drug-likeness (QED) is 0.101. The number of aromatic hydroxyl groups is 5. The van der Waals surface area contributed by atoms with Gasteiger partial charge in [-0.2, -0.15) is 8.42 Å². The SMILES string of the molecule is N#[N+]c1ccc2c(S(=O)(=O)O)cccc2c1[O-].O=C(c1ccc(O)cc1O)c1ccc(O)c(O)c1O. The molecule has 36 heavy (non-hydrogen) atoms. The third-order valence-electron chi connectivity index (χ3n) is 4.94. The van der Waals surface area contributed by atoms with Gasteiger partial charge in [0.1, 0.15) is 16.4 Å². The zero-order valence-corrected chi connectivity index (χ0v) is 18.7. The minimum Gasteiger partial charge on any atom is -0.867 e. The van der Waals surface area contributed by atoms with Gasteiger partial charge in [0.05, 0.1) is 11.1 Å². The molecule has 0 bridgehead atoms. The Hall–Kier alpha value is -5.06. The first-order valence-electron chi connectivity index (χ1n) is 9.72. The second kappa shape index (κ2) is 9.66. The van der Waals surface area contributed by atoms with Crippen LogP contribution in [0.15, 0.2) is 65.6 Å². The second-order valence-electron chi connectivity index (χ2n) is 7.20. The lowest BCUT2D eigenvalue weighted by atomic mass is 10.0. The summed E-state index contributed by atoms with van der Waals surface area (Å²) in [5.41, 5.74) is -0.625. The molecule has 13 heteroatoms. The van der Waals surface area contributed by atoms with Crippen molar-refractivity contribution in [3.63, 3.8) is 0 Å². The number of hydrogen-bond donors (Lipinski definition) is 6. The highest BCUT2D eigenvalue weighted by atomic mass is 32.2. The molecule has 0 fully saturated rings. The van der Waals surface area contributed by atoms with E-state index >= 15 is 0 Å². The van der Waals surface area contributed by atoms with E-state index in [1.54, 1.807) is 0 Å². The van der Waals surface area contributed by atoms with Gasteiger partial charge in [0.2, 0.25) is 16.9 Å². The van der Waals surface area contributed by atoms with Crippen LogP contribution >= 0.6 is 0 Å². The first kappa shape index (κ1) is 25.6. The first-order chi connectivity index (χ1) is 16.9. The van der Waals surface area contributed by atoms with Crippen molar-refractivity contribution < 1.29 is 48.4 Å². The van der Waals surface area contributed by atoms with Crippen molar-refractivity contribution in [1.29, 1.82) is 5.39 Å². The Morgan fingerprint density at radius 1 is 0.806 bits per heavy atom. The van der Waals surface area contributed by atoms with Crippen molar-refractivity contribution in [2.24, 2.45) is 0 Å². The minimum absolute atomic E-state index is 0.0652. The van der Waals surface area contributed by atoms with Gasteiger partial charge in [-0.25, -0.2) is 0 Å². The third-order valence-corrected chi connectivity index (χ3v) is 5.85. The number of nitrogens with zero attached hydrogens (tertiary/aromatic N) is 2. The van der Waals surface area contributed by atoms with E-state index in [0.29, 0.717) is 0 Å². The standard InChI is InChI=1S/C13H10O6.C10H6N2O4S/c14-6-1-2-7(10(16)5-6)11(17)8-3-4-9(15)13(19)12(8)18;11-12-8-5-4-6-7(10(8)13)2-1-3-9(6)17(14,15)16/h1-5,14-16,18-19H;1-5H,(H-,13,14,15,16). The fraction of sp³-hybridized carbons (Fsp3) is 0. The molecule has 12 nitrogen and oxygen atoms in total. The summed E-state index contributed by atoms with van der Waals surface area (Å²) in [6.45, 7) is 0. The summed E-state index contributed by atoms with van der Waals surface area (Å²) in [4.78, 5) is 14.5. The fourth-order valence-electron chi connectivity index (χ4n) is 3.20. The Morgan fingerprint density at radius 2 is 1.47 bits per heavy atom. The van der Waals surface area contributed by atoms with E-state index in [9.17, 15) is 33.6 Å². The Kier molecular flexibility index (Phi) is 6.86. The molecule has 0 amide bonds. The Labute approximate surface area is 202 Å². The van der Waals surface area contributed by atoms with E-state index in [0.717, 1.165) is 18.2 Å². The molecule has 0 atom stereocenters. The van der Waals surface area contributed by atoms with Crippen molar-refractivity contribution in [2.45, 2.75) is 4.90 Å². The van der Waals surface area contributed by atoms with E-state index in [-0.39, 0.29) is 38.2 Å². The van der Waals surface area contributed by atoms with Crippen LogP contribution in [0.4, 0.5) is 5.69 Å². The van der Waals surface area contributed by atoms with Crippen molar-refractivity contribution >= 4 is 32.4 Å². The van der Waals surface area contributed by atoms with Crippen LogP contribution in [0, 0.1) is 5.39 Å². The monoisotopic (exact) mass is 512 g/mol. The molecule has 0 spiro atoms. The van der Waals surface area contributed by atoms with Gasteiger partial charge in [0.25, 0.3) is 10.1 Å². The van der Waals surface area contributed by atoms with Crippen molar-refractivity contribution in [3.8, 4) is 34.5 Å². The van der Waals surface area contributed by atoms with Crippen LogP contribution in [-0.2, 0) is 10.1 Å². The van der Waals surface area contributed by atoms with E-state index in [2.05, 4.69) is 4.98 Å². The smallest absolute Gasteiger partial charge is 0.378 e. The van der Waals surface area contributed by atoms with Crippen LogP contribution in [0.2, 0.25) is 0 Å². The van der Waals surface area contributed by atoms with Gasteiger partial charge in [-0.1, -0.05) is 12.1 Å². The molecule has 0 aliphatic carbocycles. The largest absolute Gasteiger partial charge is 0.867 e. The van der Waals surface area contributed by atoms with Gasteiger partial charge in [0, 0.05) is 17.5 Å². The van der Waals surface area contributed by atoms with Crippen molar-refractivity contribution in [2.75, 3.05) is 0 Å². The van der Waals surface area contributed by atoms with Crippen molar-refractivity contribution in [3.05, 3.63) is 76.8 Å². The van der Waals surface area contributed by atoms with Crippen LogP contribution in [0.5, 0.6) is 34.5 Å². The number of ketones is 1. The first-order valence-corrected chi connectivity index (χ1v) is 11.2. The molecule has 0 unspecified atom stereocenters. The predicted molar refractivity (Wildman–Crippen MR) is 123 cm³/mol. The number of fused-ring (bicyclic) bond motifs is 1. The lowest BCUT2D eigenvalue weighted by Crippen LogP contribution is -2.02. The molecule has 0 aromatic heterocycles. The summed E-state index contributed by atoms with van der Waals surface area (Å²) in [6.07, 6.45) is 0. The maximum absolute atomic E-state index is 12.1. The zero-order valence-electron chi connectivity index (χ0n) is 17.9. The zero-order chi connectivity index (χ0) is 26.8. The molecular formula is C23H16N2O10S. The molecular weight excluding hydrogens is 496 g/mol. The molecule has 0 radical (unpaired) electrons. The van der Waals surface area contributed by atoms with Crippen LogP contribution in [0.1, 0.15) is 15.9 Å². The third kappa shape index (κ3) is 4.89. The van der Waals surface area contributed by atoms with Crippen LogP contribution in [0.25, 0.3) is 15.7 Å². The van der Waals surface area contributed by atoms with Crippen LogP contribution in [-0.4, -0.2) is 44.3 Å². The Morgan fingerprint density at radius 3 is 2.08 bits per heavy atom. The highest BCUT2D eigenvalue weighted by molar-refractivity contribution is 7.86. The fourth-order valence-corrected chi connectivity index (χ4v) is 3.91. The van der Waals surface area contributed by atoms with E-state index in [4.69, 9.17) is 20.2 Å². The van der Waals surface area contributed by atoms with E-state index < -0.39 is 44.6 Å². The lowest BCUT2D eigenvalue weighted by molar-refractivity contribution is -0.264. The minimum atomic E-state index is -4.40. The highest BCUT2D eigenvalue weighted by Crippen LogP contribution is 2.39. The molecule has 0 saturated heterocycles. The predicted octanol–water partition coefficient (Wildman–Crippen LogP) is 3.09. The summed E-state index contributed by atoms with van der Waals surface area (Å²) in [5.74, 6) is -4.20. The van der Waals surface area contributed by atoms with Gasteiger partial charge < -0.3 is 30.6 Å². The normalized spacial score (nSPS) is 10.8. The Balaban J connectivity index is 0.000000202. The molecule has 4 aromatic carbocycles. The lowest BCUT2D eigenvalue weighted by Gasteiger charge is -2.09. The van der Waals surface area contributed by atoms with Gasteiger partial charge in [0.15, 0.2) is 16.5 Å². The summed E-state index contributed by atoms with van der Waals surface area (Å²) in [5, 5.41) is 67.2. The number of carbonyl (C=O) groups is 1. The second-order valence-corrected chi connectivity index (χ2v) is 8.59. The number of carbonyl (C=O) groups excluding carboxylic acids is 1. The molecule has 0 aliphatic heterocycles. The van der Waals surface area contributed by atoms with E-state index in [1.165, 1.54) is 42.5 Å². The average Bonchev–Trinajstić information content (AvgIpc) is 2.82. The maximum atomic E-state index is 12.1. The number of diazo groups is 1. The molecule has 0 aliphatic rings. The van der Waals surface area contributed by atoms with Crippen LogP contribution in [0.3, 0.4) is 0 Å². The molecule has 4 aromatic rings. The topological polar surface area (TPSA) is 224 Å². The van der Waals surface area contributed by atoms with Crippen molar-refractivity contribution in [1.82, 2.24) is 0 Å².